The number of nitrogens with zero attached hydrogens (tertiary/aromatic N) is 3. The molecule has 0 radical (unpaired) electrons. The number of carbonyl (C=O) groups is 1. The molecule has 0 aliphatic heterocycles. The molecule has 0 aromatic carbocycles. The van der Waals surface area contributed by atoms with Gasteiger partial charge in [0.05, 0.1) is 0 Å². The zero-order valence-electron chi connectivity index (χ0n) is 11.8. The smallest absolute Gasteiger partial charge is 0.358 e. The number of nitrogens with one attached hydrogen (secondary N) is 1. The summed E-state index contributed by atoms with van der Waals surface area (Å²) in [6.45, 7) is 6.21. The van der Waals surface area contributed by atoms with Crippen LogP contribution in [-0.4, -0.2) is 39.9 Å². The van der Waals surface area contributed by atoms with Crippen molar-refractivity contribution in [2.75, 3.05) is 18.4 Å². The van der Waals surface area contributed by atoms with Gasteiger partial charge in [-0.1, -0.05) is 11.6 Å². The number of hydrogen-bond acceptors (Lipinski definition) is 4. The molecule has 1 atom stereocenters. The zero-order chi connectivity index (χ0) is 16.2. The van der Waals surface area contributed by atoms with Crippen molar-refractivity contribution in [3.63, 3.8) is 0 Å². The lowest BCUT2D eigenvalue weighted by molar-refractivity contribution is -0.144. The molecule has 1 N–H and O–H groups in total. The fourth-order valence-electron chi connectivity index (χ4n) is 1.71. The SMILES string of the molecule is CCN(CC)C(=O)C(C)Nc1cc(Cl)nc(C(F)(F)F)n1. The Kier molecular flexibility index (Phi) is 5.77. The fourth-order valence-corrected chi connectivity index (χ4v) is 1.89. The summed E-state index contributed by atoms with van der Waals surface area (Å²) in [6.07, 6.45) is -4.70. The predicted octanol–water partition coefficient (Wildman–Crippen LogP) is 2.82. The van der Waals surface area contributed by atoms with E-state index in [9.17, 15) is 18.0 Å². The van der Waals surface area contributed by atoms with E-state index in [0.717, 1.165) is 6.07 Å². The van der Waals surface area contributed by atoms with Crippen LogP contribution in [0.1, 0.15) is 26.6 Å². The second-order valence-corrected chi connectivity index (χ2v) is 4.66. The maximum absolute atomic E-state index is 12.6. The van der Waals surface area contributed by atoms with Gasteiger partial charge in [0.2, 0.25) is 11.7 Å². The van der Waals surface area contributed by atoms with Gasteiger partial charge in [-0.3, -0.25) is 4.79 Å². The quantitative estimate of drug-likeness (QED) is 0.846. The summed E-state index contributed by atoms with van der Waals surface area (Å²) in [5.41, 5.74) is 0. The van der Waals surface area contributed by atoms with Crippen molar-refractivity contribution in [1.29, 1.82) is 0 Å². The van der Waals surface area contributed by atoms with Crippen molar-refractivity contribution in [1.82, 2.24) is 14.9 Å². The minimum absolute atomic E-state index is 0.143. The summed E-state index contributed by atoms with van der Waals surface area (Å²) in [4.78, 5) is 20.1. The lowest BCUT2D eigenvalue weighted by Crippen LogP contribution is -2.41. The first-order valence-electron chi connectivity index (χ1n) is 6.36. The van der Waals surface area contributed by atoms with E-state index < -0.39 is 18.0 Å². The number of amides is 1. The number of anilines is 1. The summed E-state index contributed by atoms with van der Waals surface area (Å²) >= 11 is 5.55. The Balaban J connectivity index is 2.93. The van der Waals surface area contributed by atoms with Crippen molar-refractivity contribution >= 4 is 23.3 Å². The molecule has 0 aliphatic carbocycles. The van der Waals surface area contributed by atoms with Gasteiger partial charge in [0.1, 0.15) is 17.0 Å². The van der Waals surface area contributed by atoms with Gasteiger partial charge >= 0.3 is 6.18 Å². The largest absolute Gasteiger partial charge is 0.451 e. The van der Waals surface area contributed by atoms with Gasteiger partial charge in [-0.2, -0.15) is 13.2 Å². The van der Waals surface area contributed by atoms with Crippen LogP contribution in [0.25, 0.3) is 0 Å². The summed E-state index contributed by atoms with van der Waals surface area (Å²) in [6, 6.07) is 0.417. The van der Waals surface area contributed by atoms with E-state index in [1.807, 2.05) is 13.8 Å². The maximum atomic E-state index is 12.6. The van der Waals surface area contributed by atoms with E-state index in [1.54, 1.807) is 11.8 Å². The monoisotopic (exact) mass is 324 g/mol. The zero-order valence-corrected chi connectivity index (χ0v) is 12.6. The van der Waals surface area contributed by atoms with E-state index in [-0.39, 0.29) is 16.9 Å². The van der Waals surface area contributed by atoms with Gasteiger partial charge in [0.15, 0.2) is 0 Å². The Morgan fingerprint density at radius 1 is 1.38 bits per heavy atom. The molecule has 1 heterocycles. The lowest BCUT2D eigenvalue weighted by atomic mass is 10.2. The molecule has 5 nitrogen and oxygen atoms in total. The molecule has 0 fully saturated rings. The highest BCUT2D eigenvalue weighted by atomic mass is 35.5. The van der Waals surface area contributed by atoms with Crippen molar-refractivity contribution in [2.45, 2.75) is 33.0 Å². The number of carbonyl (C=O) groups excluding carboxylic acids is 1. The van der Waals surface area contributed by atoms with Gasteiger partial charge in [-0.25, -0.2) is 9.97 Å². The minimum Gasteiger partial charge on any atom is -0.358 e. The van der Waals surface area contributed by atoms with Crippen LogP contribution in [0.2, 0.25) is 5.15 Å². The normalized spacial score (nSPS) is 12.9. The third-order valence-corrected chi connectivity index (χ3v) is 2.95. The molecule has 118 valence electrons. The van der Waals surface area contributed by atoms with Crippen LogP contribution in [0.3, 0.4) is 0 Å². The first-order chi connectivity index (χ1) is 9.68. The van der Waals surface area contributed by atoms with E-state index in [2.05, 4.69) is 15.3 Å². The van der Waals surface area contributed by atoms with Gasteiger partial charge in [-0.15, -0.1) is 0 Å². The third kappa shape index (κ3) is 4.73. The first-order valence-corrected chi connectivity index (χ1v) is 6.73. The topological polar surface area (TPSA) is 58.1 Å². The number of rotatable bonds is 5. The molecule has 1 amide bonds. The van der Waals surface area contributed by atoms with Gasteiger partial charge in [0.25, 0.3) is 0 Å². The standard InChI is InChI=1S/C12H16ClF3N4O/c1-4-20(5-2)10(21)7(3)17-9-6-8(13)18-11(19-9)12(14,15)16/h6-7H,4-5H2,1-3H3,(H,17,18,19). The van der Waals surface area contributed by atoms with E-state index >= 15 is 0 Å². The van der Waals surface area contributed by atoms with Crippen molar-refractivity contribution in [3.8, 4) is 0 Å². The Morgan fingerprint density at radius 2 is 1.95 bits per heavy atom. The third-order valence-electron chi connectivity index (χ3n) is 2.76. The predicted molar refractivity (Wildman–Crippen MR) is 73.1 cm³/mol. The van der Waals surface area contributed by atoms with Crippen LogP contribution in [0.5, 0.6) is 0 Å². The number of halogens is 4. The number of hydrogen-bond donors (Lipinski definition) is 1. The molecule has 0 spiro atoms. The maximum Gasteiger partial charge on any atom is 0.451 e. The van der Waals surface area contributed by atoms with Gasteiger partial charge in [-0.05, 0) is 20.8 Å². The Hall–Kier alpha value is -1.57. The molecular weight excluding hydrogens is 309 g/mol. The van der Waals surface area contributed by atoms with E-state index in [1.165, 1.54) is 0 Å². The van der Waals surface area contributed by atoms with Crippen LogP contribution in [0.15, 0.2) is 6.07 Å². The van der Waals surface area contributed by atoms with Crippen molar-refractivity contribution in [2.24, 2.45) is 0 Å². The molecular formula is C12H16ClF3N4O. The molecule has 1 unspecified atom stereocenters. The van der Waals surface area contributed by atoms with Crippen molar-refractivity contribution in [3.05, 3.63) is 17.0 Å². The highest BCUT2D eigenvalue weighted by Crippen LogP contribution is 2.28. The second-order valence-electron chi connectivity index (χ2n) is 4.27. The highest BCUT2D eigenvalue weighted by Gasteiger charge is 2.35. The molecule has 9 heteroatoms. The lowest BCUT2D eigenvalue weighted by Gasteiger charge is -2.23. The molecule has 1 aromatic rings. The molecule has 1 aromatic heterocycles. The fraction of sp³-hybridized carbons (Fsp3) is 0.583. The molecule has 1 rings (SSSR count). The van der Waals surface area contributed by atoms with Crippen LogP contribution in [0.4, 0.5) is 19.0 Å². The second kappa shape index (κ2) is 6.93. The summed E-state index contributed by atoms with van der Waals surface area (Å²) in [7, 11) is 0. The number of alkyl halides is 3. The Bertz CT molecular complexity index is 506. The van der Waals surface area contributed by atoms with Crippen LogP contribution in [0, 0.1) is 0 Å². The number of likely N-dealkylation sites (N-methyl/N-ethyl adjacent to an activating group) is 1. The Morgan fingerprint density at radius 3 is 2.43 bits per heavy atom. The first kappa shape index (κ1) is 17.5. The van der Waals surface area contributed by atoms with Crippen molar-refractivity contribution < 1.29 is 18.0 Å². The molecule has 0 aliphatic rings. The Labute approximate surface area is 125 Å². The van der Waals surface area contributed by atoms with Crippen LogP contribution in [-0.2, 0) is 11.0 Å². The van der Waals surface area contributed by atoms with E-state index in [4.69, 9.17) is 11.6 Å². The van der Waals surface area contributed by atoms with Crippen LogP contribution < -0.4 is 5.32 Å². The molecule has 0 bridgehead atoms. The highest BCUT2D eigenvalue weighted by molar-refractivity contribution is 6.29. The van der Waals surface area contributed by atoms with Gasteiger partial charge < -0.3 is 10.2 Å². The summed E-state index contributed by atoms with van der Waals surface area (Å²) in [5.74, 6) is -1.72. The van der Waals surface area contributed by atoms with E-state index in [0.29, 0.717) is 13.1 Å². The summed E-state index contributed by atoms with van der Waals surface area (Å²) < 4.78 is 37.8. The average molecular weight is 325 g/mol. The van der Waals surface area contributed by atoms with Crippen LogP contribution >= 0.6 is 11.6 Å². The van der Waals surface area contributed by atoms with Gasteiger partial charge in [0, 0.05) is 19.2 Å². The average Bonchev–Trinajstić information content (AvgIpc) is 2.38. The molecule has 0 saturated carbocycles. The summed E-state index contributed by atoms with van der Waals surface area (Å²) in [5, 5.41) is 2.27. The minimum atomic E-state index is -4.70. The number of aromatic nitrogens is 2. The molecule has 21 heavy (non-hydrogen) atoms. The molecule has 0 saturated heterocycles.